The smallest absolute Gasteiger partial charge is 0.163 e. The van der Waals surface area contributed by atoms with Crippen LogP contribution >= 0.6 is 0 Å². The summed E-state index contributed by atoms with van der Waals surface area (Å²) in [4.78, 5) is 0. The van der Waals surface area contributed by atoms with E-state index in [4.69, 9.17) is 25.7 Å². The molecule has 2 rings (SSSR count). The molecule has 2 atom stereocenters. The van der Waals surface area contributed by atoms with Crippen LogP contribution in [0.5, 0.6) is 5.75 Å². The molecular formula is C17H28N2O3. The Hall–Kier alpha value is -1.14. The minimum absolute atomic E-state index is 0.00701. The summed E-state index contributed by atoms with van der Waals surface area (Å²) in [5.74, 6) is 0.359. The Labute approximate surface area is 132 Å². The van der Waals surface area contributed by atoms with Gasteiger partial charge in [0.05, 0.1) is 6.61 Å². The van der Waals surface area contributed by atoms with E-state index in [0.717, 1.165) is 25.0 Å². The van der Waals surface area contributed by atoms with E-state index in [9.17, 15) is 0 Å². The van der Waals surface area contributed by atoms with Gasteiger partial charge >= 0.3 is 0 Å². The molecule has 1 saturated heterocycles. The van der Waals surface area contributed by atoms with Gasteiger partial charge in [0.15, 0.2) is 5.79 Å². The van der Waals surface area contributed by atoms with Crippen molar-refractivity contribution in [2.24, 2.45) is 11.5 Å². The first-order chi connectivity index (χ1) is 10.5. The van der Waals surface area contributed by atoms with E-state index < -0.39 is 5.79 Å². The summed E-state index contributed by atoms with van der Waals surface area (Å²) in [6, 6.07) is 8.30. The fourth-order valence-electron chi connectivity index (χ4n) is 2.47. The topological polar surface area (TPSA) is 79.7 Å². The largest absolute Gasteiger partial charge is 0.491 e. The third-order valence-electron chi connectivity index (χ3n) is 3.77. The fourth-order valence-corrected chi connectivity index (χ4v) is 2.47. The molecule has 0 radical (unpaired) electrons. The predicted octanol–water partition coefficient (Wildman–Crippen LogP) is 1.83. The van der Waals surface area contributed by atoms with Crippen molar-refractivity contribution < 1.29 is 14.2 Å². The van der Waals surface area contributed by atoms with Crippen LogP contribution in [0.3, 0.4) is 0 Å². The summed E-state index contributed by atoms with van der Waals surface area (Å²) in [6.45, 7) is 5.47. The molecule has 22 heavy (non-hydrogen) atoms. The molecule has 1 aromatic rings. The van der Waals surface area contributed by atoms with Gasteiger partial charge in [0.2, 0.25) is 0 Å². The molecule has 1 aromatic carbocycles. The molecule has 5 heteroatoms. The monoisotopic (exact) mass is 308 g/mol. The van der Waals surface area contributed by atoms with E-state index in [1.807, 2.05) is 26.0 Å². The maximum atomic E-state index is 5.81. The van der Waals surface area contributed by atoms with Gasteiger partial charge in [-0.15, -0.1) is 0 Å². The number of aryl methyl sites for hydroxylation is 1. The van der Waals surface area contributed by atoms with Crippen molar-refractivity contribution in [3.8, 4) is 5.75 Å². The lowest BCUT2D eigenvalue weighted by atomic mass is 10.1. The van der Waals surface area contributed by atoms with Gasteiger partial charge in [0, 0.05) is 12.6 Å². The van der Waals surface area contributed by atoms with Crippen molar-refractivity contribution in [1.82, 2.24) is 0 Å². The lowest BCUT2D eigenvalue weighted by Gasteiger charge is -2.17. The van der Waals surface area contributed by atoms with Crippen LogP contribution in [-0.2, 0) is 15.9 Å². The van der Waals surface area contributed by atoms with E-state index in [1.54, 1.807) is 0 Å². The van der Waals surface area contributed by atoms with Gasteiger partial charge in [-0.05, 0) is 50.8 Å². The zero-order valence-corrected chi connectivity index (χ0v) is 13.6. The second-order valence-electron chi connectivity index (χ2n) is 6.29. The van der Waals surface area contributed by atoms with Crippen LogP contribution in [-0.4, -0.2) is 37.7 Å². The number of nitrogens with two attached hydrogens (primary N) is 2. The number of hydrogen-bond donors (Lipinski definition) is 2. The molecule has 0 aromatic heterocycles. The lowest BCUT2D eigenvalue weighted by molar-refractivity contribution is -0.141. The predicted molar refractivity (Wildman–Crippen MR) is 86.8 cm³/mol. The van der Waals surface area contributed by atoms with Crippen LogP contribution < -0.4 is 16.2 Å². The lowest BCUT2D eigenvalue weighted by Crippen LogP contribution is -2.29. The van der Waals surface area contributed by atoms with Crippen LogP contribution in [0.4, 0.5) is 0 Å². The first-order valence-electron chi connectivity index (χ1n) is 7.97. The molecule has 0 aliphatic carbocycles. The quantitative estimate of drug-likeness (QED) is 0.766. The second kappa shape index (κ2) is 7.92. The Morgan fingerprint density at radius 3 is 2.64 bits per heavy atom. The van der Waals surface area contributed by atoms with Crippen molar-refractivity contribution >= 4 is 0 Å². The van der Waals surface area contributed by atoms with Crippen LogP contribution in [0.25, 0.3) is 0 Å². The van der Waals surface area contributed by atoms with Crippen LogP contribution in [0.1, 0.15) is 32.3 Å². The van der Waals surface area contributed by atoms with E-state index in [0.29, 0.717) is 19.8 Å². The van der Waals surface area contributed by atoms with Gasteiger partial charge in [0.1, 0.15) is 18.5 Å². The number of rotatable bonds is 8. The normalized spacial score (nSPS) is 21.7. The maximum Gasteiger partial charge on any atom is 0.163 e. The molecule has 0 saturated carbocycles. The molecule has 1 aliphatic heterocycles. The zero-order chi connectivity index (χ0) is 16.0. The van der Waals surface area contributed by atoms with Gasteiger partial charge in [-0.3, -0.25) is 0 Å². The Bertz CT molecular complexity index is 448. The highest BCUT2D eigenvalue weighted by Gasteiger charge is 2.32. The molecule has 1 fully saturated rings. The van der Waals surface area contributed by atoms with Crippen LogP contribution in [0, 0.1) is 0 Å². The molecular weight excluding hydrogens is 280 g/mol. The van der Waals surface area contributed by atoms with Crippen molar-refractivity contribution in [2.75, 3.05) is 19.8 Å². The van der Waals surface area contributed by atoms with Crippen molar-refractivity contribution in [3.05, 3.63) is 29.8 Å². The number of hydrogen-bond acceptors (Lipinski definition) is 5. The zero-order valence-electron chi connectivity index (χ0n) is 13.6. The van der Waals surface area contributed by atoms with E-state index in [1.165, 1.54) is 5.56 Å². The molecule has 2 unspecified atom stereocenters. The summed E-state index contributed by atoms with van der Waals surface area (Å²) in [7, 11) is 0. The van der Waals surface area contributed by atoms with Gasteiger partial charge in [-0.2, -0.15) is 0 Å². The van der Waals surface area contributed by atoms with Gasteiger partial charge < -0.3 is 25.7 Å². The molecule has 5 nitrogen and oxygen atoms in total. The molecule has 4 N–H and O–H groups in total. The van der Waals surface area contributed by atoms with E-state index in [-0.39, 0.29) is 12.1 Å². The summed E-state index contributed by atoms with van der Waals surface area (Å²) in [5.41, 5.74) is 12.6. The molecule has 1 heterocycles. The molecule has 124 valence electrons. The van der Waals surface area contributed by atoms with Gasteiger partial charge in [0.25, 0.3) is 0 Å². The van der Waals surface area contributed by atoms with Crippen molar-refractivity contribution in [1.29, 1.82) is 0 Å². The highest BCUT2D eigenvalue weighted by atomic mass is 16.7. The Kier molecular flexibility index (Phi) is 6.20. The van der Waals surface area contributed by atoms with Gasteiger partial charge in [-0.25, -0.2) is 0 Å². The average Bonchev–Trinajstić information content (AvgIpc) is 2.85. The average molecular weight is 308 g/mol. The molecule has 0 amide bonds. The second-order valence-corrected chi connectivity index (χ2v) is 6.29. The summed E-state index contributed by atoms with van der Waals surface area (Å²) in [6.07, 6.45) is 3.03. The first kappa shape index (κ1) is 17.2. The van der Waals surface area contributed by atoms with Gasteiger partial charge in [-0.1, -0.05) is 12.1 Å². The first-order valence-corrected chi connectivity index (χ1v) is 7.97. The van der Waals surface area contributed by atoms with E-state index in [2.05, 4.69) is 12.1 Å². The Morgan fingerprint density at radius 2 is 2.05 bits per heavy atom. The van der Waals surface area contributed by atoms with Crippen LogP contribution in [0.2, 0.25) is 0 Å². The highest BCUT2D eigenvalue weighted by Crippen LogP contribution is 2.23. The molecule has 0 bridgehead atoms. The minimum Gasteiger partial charge on any atom is -0.491 e. The van der Waals surface area contributed by atoms with Crippen molar-refractivity contribution in [2.45, 2.75) is 51.0 Å². The Balaban J connectivity index is 1.70. The highest BCUT2D eigenvalue weighted by molar-refractivity contribution is 5.27. The number of benzene rings is 1. The molecule has 0 spiro atoms. The SMILES string of the molecule is CC1(C)OCC(COc2ccc(CCCC(N)CN)cc2)O1. The third-order valence-corrected chi connectivity index (χ3v) is 3.77. The summed E-state index contributed by atoms with van der Waals surface area (Å²) < 4.78 is 17.0. The molecule has 1 aliphatic rings. The number of ether oxygens (including phenoxy) is 3. The Morgan fingerprint density at radius 1 is 1.32 bits per heavy atom. The van der Waals surface area contributed by atoms with Crippen molar-refractivity contribution in [3.63, 3.8) is 0 Å². The van der Waals surface area contributed by atoms with Crippen LogP contribution in [0.15, 0.2) is 24.3 Å². The minimum atomic E-state index is -0.498. The third kappa shape index (κ3) is 5.57. The van der Waals surface area contributed by atoms with E-state index >= 15 is 0 Å². The summed E-state index contributed by atoms with van der Waals surface area (Å²) >= 11 is 0. The standard InChI is InChI=1S/C17H28N2O3/c1-17(2)21-12-16(22-17)11-20-15-8-6-13(7-9-15)4-3-5-14(19)10-18/h6-9,14,16H,3-5,10-12,18-19H2,1-2H3. The maximum absolute atomic E-state index is 5.81. The fraction of sp³-hybridized carbons (Fsp3) is 0.647. The summed E-state index contributed by atoms with van der Waals surface area (Å²) in [5, 5.41) is 0.